The lowest BCUT2D eigenvalue weighted by atomic mass is 10.1. The zero-order chi connectivity index (χ0) is 17.1. The first kappa shape index (κ1) is 16.6. The largest absolute Gasteiger partial charge is 0.381 e. The molecule has 4 rings (SSSR count). The number of hydrogen-bond acceptors (Lipinski definition) is 3. The van der Waals surface area contributed by atoms with Gasteiger partial charge in [-0.1, -0.05) is 42.5 Å². The molecule has 1 aliphatic carbocycles. The second kappa shape index (κ2) is 7.14. The molecule has 4 heteroatoms. The van der Waals surface area contributed by atoms with Crippen molar-refractivity contribution in [1.29, 1.82) is 0 Å². The molecule has 0 unspecified atom stereocenters. The fourth-order valence-electron chi connectivity index (χ4n) is 3.84. The zero-order valence-electron chi connectivity index (χ0n) is 14.6. The van der Waals surface area contributed by atoms with Gasteiger partial charge in [0.05, 0.1) is 5.69 Å². The van der Waals surface area contributed by atoms with Crippen molar-refractivity contribution in [2.75, 3.05) is 38.0 Å². The van der Waals surface area contributed by atoms with Gasteiger partial charge in [0, 0.05) is 44.8 Å². The summed E-state index contributed by atoms with van der Waals surface area (Å²) < 4.78 is 13.8. The minimum atomic E-state index is -0.161. The Balaban J connectivity index is 1.29. The predicted octanol–water partition coefficient (Wildman–Crippen LogP) is 3.59. The predicted molar refractivity (Wildman–Crippen MR) is 100 cm³/mol. The van der Waals surface area contributed by atoms with Gasteiger partial charge in [-0.2, -0.15) is 0 Å². The minimum absolute atomic E-state index is 0.161. The first-order chi connectivity index (χ1) is 12.3. The molecule has 1 aliphatic heterocycles. The molecule has 0 aromatic heterocycles. The van der Waals surface area contributed by atoms with Gasteiger partial charge < -0.3 is 5.32 Å². The molecule has 0 spiro atoms. The maximum absolute atomic E-state index is 13.8. The van der Waals surface area contributed by atoms with E-state index in [1.54, 1.807) is 6.07 Å². The fraction of sp³-hybridized carbons (Fsp3) is 0.429. The number of piperazine rings is 1. The van der Waals surface area contributed by atoms with Crippen molar-refractivity contribution in [1.82, 2.24) is 9.80 Å². The first-order valence-corrected chi connectivity index (χ1v) is 9.25. The number of benzene rings is 2. The summed E-state index contributed by atoms with van der Waals surface area (Å²) in [4.78, 5) is 5.15. The number of rotatable bonds is 6. The lowest BCUT2D eigenvalue weighted by Gasteiger charge is -2.40. The van der Waals surface area contributed by atoms with Crippen LogP contribution in [-0.2, 0) is 6.54 Å². The number of anilines is 1. The molecular formula is C21H26FN3. The molecule has 0 radical (unpaired) electrons. The van der Waals surface area contributed by atoms with Gasteiger partial charge >= 0.3 is 0 Å². The molecule has 2 aromatic carbocycles. The van der Waals surface area contributed by atoms with Crippen molar-refractivity contribution in [2.45, 2.75) is 24.9 Å². The van der Waals surface area contributed by atoms with Crippen LogP contribution in [0.3, 0.4) is 0 Å². The Morgan fingerprint density at radius 3 is 2.24 bits per heavy atom. The van der Waals surface area contributed by atoms with Gasteiger partial charge in [-0.15, -0.1) is 0 Å². The fourth-order valence-corrected chi connectivity index (χ4v) is 3.84. The van der Waals surface area contributed by atoms with Crippen molar-refractivity contribution >= 4 is 5.69 Å². The smallest absolute Gasteiger partial charge is 0.146 e. The van der Waals surface area contributed by atoms with Crippen LogP contribution in [0.1, 0.15) is 18.4 Å². The zero-order valence-corrected chi connectivity index (χ0v) is 14.6. The third kappa shape index (κ3) is 3.86. The highest BCUT2D eigenvalue weighted by Crippen LogP contribution is 2.42. The monoisotopic (exact) mass is 339 g/mol. The Bertz CT molecular complexity index is 691. The van der Waals surface area contributed by atoms with Crippen LogP contribution in [0.25, 0.3) is 0 Å². The Hall–Kier alpha value is -1.91. The summed E-state index contributed by atoms with van der Waals surface area (Å²) in [5, 5.41) is 3.33. The standard InChI is InChI=1S/C21H26FN3/c22-19-8-4-5-9-20(19)23-17-21(10-11-21)25-14-12-24(13-15-25)16-18-6-2-1-3-7-18/h1-9,23H,10-17H2. The van der Waals surface area contributed by atoms with Crippen LogP contribution in [0.5, 0.6) is 0 Å². The third-order valence-electron chi connectivity index (χ3n) is 5.60. The van der Waals surface area contributed by atoms with E-state index in [4.69, 9.17) is 0 Å². The lowest BCUT2D eigenvalue weighted by Crippen LogP contribution is -2.53. The molecule has 1 saturated heterocycles. The van der Waals surface area contributed by atoms with Crippen molar-refractivity contribution < 1.29 is 4.39 Å². The highest BCUT2D eigenvalue weighted by Gasteiger charge is 2.48. The Morgan fingerprint density at radius 1 is 0.880 bits per heavy atom. The summed E-state index contributed by atoms with van der Waals surface area (Å²) in [6, 6.07) is 17.7. The number of hydrogen-bond donors (Lipinski definition) is 1. The molecule has 1 N–H and O–H groups in total. The van der Waals surface area contributed by atoms with Crippen LogP contribution in [0.2, 0.25) is 0 Å². The SMILES string of the molecule is Fc1ccccc1NCC1(N2CCN(Cc3ccccc3)CC2)CC1. The second-order valence-electron chi connectivity index (χ2n) is 7.31. The summed E-state index contributed by atoms with van der Waals surface area (Å²) in [5.41, 5.74) is 2.25. The van der Waals surface area contributed by atoms with Crippen LogP contribution in [0, 0.1) is 5.82 Å². The van der Waals surface area contributed by atoms with Gasteiger partial charge in [-0.05, 0) is 30.5 Å². The van der Waals surface area contributed by atoms with Crippen LogP contribution in [0.4, 0.5) is 10.1 Å². The second-order valence-corrected chi connectivity index (χ2v) is 7.31. The number of nitrogens with zero attached hydrogens (tertiary/aromatic N) is 2. The molecule has 2 aromatic rings. The Kier molecular flexibility index (Phi) is 4.73. The average Bonchev–Trinajstić information content (AvgIpc) is 3.44. The van der Waals surface area contributed by atoms with Gasteiger partial charge in [-0.25, -0.2) is 4.39 Å². The first-order valence-electron chi connectivity index (χ1n) is 9.25. The molecule has 1 heterocycles. The van der Waals surface area contributed by atoms with Crippen molar-refractivity contribution in [3.05, 3.63) is 66.0 Å². The number of nitrogens with one attached hydrogen (secondary N) is 1. The molecule has 2 aliphatic rings. The Labute approximate surface area is 149 Å². The molecule has 25 heavy (non-hydrogen) atoms. The van der Waals surface area contributed by atoms with Gasteiger partial charge in [0.2, 0.25) is 0 Å². The maximum atomic E-state index is 13.8. The summed E-state index contributed by atoms with van der Waals surface area (Å²) >= 11 is 0. The molecule has 0 atom stereocenters. The molecule has 3 nitrogen and oxygen atoms in total. The highest BCUT2D eigenvalue weighted by atomic mass is 19.1. The topological polar surface area (TPSA) is 18.5 Å². The molecule has 2 fully saturated rings. The van der Waals surface area contributed by atoms with Crippen LogP contribution in [-0.4, -0.2) is 48.1 Å². The van der Waals surface area contributed by atoms with E-state index in [1.807, 2.05) is 12.1 Å². The summed E-state index contributed by atoms with van der Waals surface area (Å²) in [6.07, 6.45) is 2.43. The van der Waals surface area contributed by atoms with E-state index >= 15 is 0 Å². The number of halogens is 1. The van der Waals surface area contributed by atoms with Gasteiger partial charge in [0.15, 0.2) is 0 Å². The van der Waals surface area contributed by atoms with E-state index < -0.39 is 0 Å². The van der Waals surface area contributed by atoms with Crippen LogP contribution >= 0.6 is 0 Å². The average molecular weight is 339 g/mol. The van der Waals surface area contributed by atoms with Crippen molar-refractivity contribution in [3.63, 3.8) is 0 Å². The van der Waals surface area contributed by atoms with E-state index in [0.29, 0.717) is 5.69 Å². The number of para-hydroxylation sites is 1. The summed E-state index contributed by atoms with van der Waals surface area (Å²) in [6.45, 7) is 6.30. The van der Waals surface area contributed by atoms with Crippen molar-refractivity contribution in [2.24, 2.45) is 0 Å². The molecule has 0 amide bonds. The normalized spacial score (nSPS) is 20.4. The molecule has 1 saturated carbocycles. The van der Waals surface area contributed by atoms with E-state index in [9.17, 15) is 4.39 Å². The molecular weight excluding hydrogens is 313 g/mol. The van der Waals surface area contributed by atoms with E-state index in [0.717, 1.165) is 39.3 Å². The van der Waals surface area contributed by atoms with E-state index in [-0.39, 0.29) is 11.4 Å². The van der Waals surface area contributed by atoms with Crippen molar-refractivity contribution in [3.8, 4) is 0 Å². The van der Waals surface area contributed by atoms with Gasteiger partial charge in [-0.3, -0.25) is 9.80 Å². The van der Waals surface area contributed by atoms with Gasteiger partial charge in [0.1, 0.15) is 5.82 Å². The Morgan fingerprint density at radius 2 is 1.56 bits per heavy atom. The highest BCUT2D eigenvalue weighted by molar-refractivity contribution is 5.45. The van der Waals surface area contributed by atoms with Gasteiger partial charge in [0.25, 0.3) is 0 Å². The summed E-state index contributed by atoms with van der Waals surface area (Å²) in [7, 11) is 0. The summed E-state index contributed by atoms with van der Waals surface area (Å²) in [5.74, 6) is -0.161. The lowest BCUT2D eigenvalue weighted by molar-refractivity contribution is 0.0856. The van der Waals surface area contributed by atoms with E-state index in [1.165, 1.54) is 24.5 Å². The molecule has 132 valence electrons. The van der Waals surface area contributed by atoms with Crippen LogP contribution < -0.4 is 5.32 Å². The minimum Gasteiger partial charge on any atom is -0.381 e. The quantitative estimate of drug-likeness (QED) is 0.868. The van der Waals surface area contributed by atoms with E-state index in [2.05, 4.69) is 45.4 Å². The molecule has 0 bridgehead atoms. The third-order valence-corrected chi connectivity index (χ3v) is 5.60. The maximum Gasteiger partial charge on any atom is 0.146 e. The van der Waals surface area contributed by atoms with Crippen LogP contribution in [0.15, 0.2) is 54.6 Å².